The Balaban J connectivity index is 1.15. The molecule has 0 aliphatic heterocycles. The number of anilines is 3. The highest BCUT2D eigenvalue weighted by atomic mass is 15.1. The summed E-state index contributed by atoms with van der Waals surface area (Å²) in [7, 11) is 0. The minimum absolute atomic E-state index is 1.11. The van der Waals surface area contributed by atoms with Crippen molar-refractivity contribution < 1.29 is 0 Å². The zero-order chi connectivity index (χ0) is 34.4. The van der Waals surface area contributed by atoms with Crippen molar-refractivity contribution in [3.05, 3.63) is 206 Å². The Bertz CT molecular complexity index is 2890. The van der Waals surface area contributed by atoms with Crippen molar-refractivity contribution in [3.63, 3.8) is 0 Å². The third kappa shape index (κ3) is 5.04. The van der Waals surface area contributed by atoms with Gasteiger partial charge in [-0.1, -0.05) is 140 Å². The van der Waals surface area contributed by atoms with Crippen molar-refractivity contribution in [3.8, 4) is 27.9 Å². The predicted molar refractivity (Wildman–Crippen MR) is 221 cm³/mol. The van der Waals surface area contributed by atoms with Gasteiger partial charge in [0.05, 0.1) is 11.0 Å². The molecule has 52 heavy (non-hydrogen) atoms. The number of hydrogen-bond acceptors (Lipinski definition) is 1. The maximum Gasteiger partial charge on any atom is 0.0625 e. The molecule has 2 heteroatoms. The minimum Gasteiger partial charge on any atom is -0.310 e. The van der Waals surface area contributed by atoms with Gasteiger partial charge in [0.15, 0.2) is 0 Å². The number of rotatable bonds is 6. The van der Waals surface area contributed by atoms with Gasteiger partial charge in [0.1, 0.15) is 0 Å². The Labute approximate surface area is 303 Å². The lowest BCUT2D eigenvalue weighted by Gasteiger charge is -2.26. The average molecular weight is 663 g/mol. The van der Waals surface area contributed by atoms with Gasteiger partial charge < -0.3 is 9.47 Å². The van der Waals surface area contributed by atoms with E-state index in [0.717, 1.165) is 22.7 Å². The molecule has 0 atom stereocenters. The quantitative estimate of drug-likeness (QED) is 0.172. The Morgan fingerprint density at radius 3 is 1.77 bits per heavy atom. The first-order valence-corrected chi connectivity index (χ1v) is 17.9. The van der Waals surface area contributed by atoms with Crippen LogP contribution < -0.4 is 4.90 Å². The van der Waals surface area contributed by atoms with Gasteiger partial charge in [-0.3, -0.25) is 0 Å². The Morgan fingerprint density at radius 1 is 0.346 bits per heavy atom. The van der Waals surface area contributed by atoms with E-state index in [1.54, 1.807) is 0 Å². The smallest absolute Gasteiger partial charge is 0.0625 e. The second-order valence-corrected chi connectivity index (χ2v) is 13.4. The molecular weight excluding hydrogens is 629 g/mol. The van der Waals surface area contributed by atoms with Gasteiger partial charge >= 0.3 is 0 Å². The van der Waals surface area contributed by atoms with Crippen LogP contribution in [0.15, 0.2) is 206 Å². The maximum absolute atomic E-state index is 2.44. The number of hydrogen-bond donors (Lipinski definition) is 0. The summed E-state index contributed by atoms with van der Waals surface area (Å²) in [6.45, 7) is 0. The molecule has 0 radical (unpaired) electrons. The number of para-hydroxylation sites is 3. The van der Waals surface area contributed by atoms with Crippen molar-refractivity contribution >= 4 is 60.4 Å². The van der Waals surface area contributed by atoms with Crippen molar-refractivity contribution in [1.82, 2.24) is 4.57 Å². The third-order valence-electron chi connectivity index (χ3n) is 10.3. The van der Waals surface area contributed by atoms with Crippen molar-refractivity contribution in [2.45, 2.75) is 0 Å². The molecule has 244 valence electrons. The van der Waals surface area contributed by atoms with Crippen LogP contribution in [0.4, 0.5) is 17.1 Å². The molecule has 0 unspecified atom stereocenters. The van der Waals surface area contributed by atoms with E-state index < -0.39 is 0 Å². The van der Waals surface area contributed by atoms with Crippen LogP contribution in [0.25, 0.3) is 71.3 Å². The lowest BCUT2D eigenvalue weighted by atomic mass is 9.94. The number of benzene rings is 9. The molecule has 0 N–H and O–H groups in total. The second kappa shape index (κ2) is 12.5. The molecule has 1 aromatic heterocycles. The molecule has 0 aliphatic carbocycles. The highest BCUT2D eigenvalue weighted by molar-refractivity contribution is 6.24. The number of fused-ring (bicyclic) bond motifs is 6. The predicted octanol–water partition coefficient (Wildman–Crippen LogP) is 13.9. The SMILES string of the molecule is c1ccc(N(c2ccc(-c3ccc4ccccc4c3)cc2)c2cccc(-c3cc4ccccc4c4c3c3ccccc3n4-c3ccccc3)c2)cc1. The first kappa shape index (κ1) is 30.0. The zero-order valence-corrected chi connectivity index (χ0v) is 28.5. The number of nitrogens with zero attached hydrogens (tertiary/aromatic N) is 2. The van der Waals surface area contributed by atoms with Crippen LogP contribution >= 0.6 is 0 Å². The maximum atomic E-state index is 2.44. The van der Waals surface area contributed by atoms with Crippen LogP contribution in [0.1, 0.15) is 0 Å². The summed E-state index contributed by atoms with van der Waals surface area (Å²) in [5, 5.41) is 7.49. The van der Waals surface area contributed by atoms with Gasteiger partial charge in [-0.2, -0.15) is 0 Å². The summed E-state index contributed by atoms with van der Waals surface area (Å²) in [5.41, 5.74) is 11.7. The molecule has 2 nitrogen and oxygen atoms in total. The summed E-state index contributed by atoms with van der Waals surface area (Å²) >= 11 is 0. The first-order valence-electron chi connectivity index (χ1n) is 17.9. The molecule has 0 spiro atoms. The molecule has 10 aromatic rings. The van der Waals surface area contributed by atoms with Crippen molar-refractivity contribution in [2.75, 3.05) is 4.90 Å². The van der Waals surface area contributed by atoms with E-state index >= 15 is 0 Å². The van der Waals surface area contributed by atoms with E-state index in [4.69, 9.17) is 0 Å². The van der Waals surface area contributed by atoms with Crippen LogP contribution in [0.5, 0.6) is 0 Å². The summed E-state index contributed by atoms with van der Waals surface area (Å²) in [6.07, 6.45) is 0. The van der Waals surface area contributed by atoms with Gasteiger partial charge in [-0.25, -0.2) is 0 Å². The van der Waals surface area contributed by atoms with E-state index in [1.165, 1.54) is 65.6 Å². The Kier molecular flexibility index (Phi) is 7.18. The fourth-order valence-electron chi connectivity index (χ4n) is 7.92. The Morgan fingerprint density at radius 2 is 0.962 bits per heavy atom. The van der Waals surface area contributed by atoms with E-state index in [1.807, 2.05) is 0 Å². The topological polar surface area (TPSA) is 8.17 Å². The third-order valence-corrected chi connectivity index (χ3v) is 10.3. The minimum atomic E-state index is 1.11. The lowest BCUT2D eigenvalue weighted by molar-refractivity contribution is 1.19. The molecule has 0 amide bonds. The van der Waals surface area contributed by atoms with Crippen LogP contribution in [0.3, 0.4) is 0 Å². The largest absolute Gasteiger partial charge is 0.310 e. The van der Waals surface area contributed by atoms with E-state index in [9.17, 15) is 0 Å². The van der Waals surface area contributed by atoms with Crippen molar-refractivity contribution in [2.24, 2.45) is 0 Å². The van der Waals surface area contributed by atoms with Crippen molar-refractivity contribution in [1.29, 1.82) is 0 Å². The van der Waals surface area contributed by atoms with E-state index in [0.29, 0.717) is 0 Å². The van der Waals surface area contributed by atoms with Crippen LogP contribution in [-0.2, 0) is 0 Å². The van der Waals surface area contributed by atoms with Gasteiger partial charge in [-0.15, -0.1) is 0 Å². The van der Waals surface area contributed by atoms with Crippen LogP contribution in [0.2, 0.25) is 0 Å². The Hall–Kier alpha value is -6.90. The molecule has 0 aliphatic rings. The molecule has 0 saturated carbocycles. The lowest BCUT2D eigenvalue weighted by Crippen LogP contribution is -2.09. The monoisotopic (exact) mass is 662 g/mol. The van der Waals surface area contributed by atoms with Gasteiger partial charge in [0, 0.05) is 38.9 Å². The molecule has 0 saturated heterocycles. The van der Waals surface area contributed by atoms with Gasteiger partial charge in [-0.05, 0) is 105 Å². The highest BCUT2D eigenvalue weighted by Gasteiger charge is 2.20. The van der Waals surface area contributed by atoms with E-state index in [2.05, 4.69) is 216 Å². The summed E-state index contributed by atoms with van der Waals surface area (Å²) in [4.78, 5) is 2.36. The van der Waals surface area contributed by atoms with Crippen LogP contribution in [-0.4, -0.2) is 4.57 Å². The fraction of sp³-hybridized carbons (Fsp3) is 0. The molecule has 0 bridgehead atoms. The van der Waals surface area contributed by atoms with Gasteiger partial charge in [0.25, 0.3) is 0 Å². The summed E-state index contributed by atoms with van der Waals surface area (Å²) in [6, 6.07) is 74.6. The zero-order valence-electron chi connectivity index (χ0n) is 28.5. The highest BCUT2D eigenvalue weighted by Crippen LogP contribution is 2.44. The molecular formula is C50H34N2. The normalized spacial score (nSPS) is 11.5. The first-order chi connectivity index (χ1) is 25.8. The summed E-state index contributed by atoms with van der Waals surface area (Å²) in [5.74, 6) is 0. The summed E-state index contributed by atoms with van der Waals surface area (Å²) < 4.78 is 2.44. The average Bonchev–Trinajstić information content (AvgIpc) is 3.57. The second-order valence-electron chi connectivity index (χ2n) is 13.4. The number of aromatic nitrogens is 1. The molecule has 1 heterocycles. The molecule has 9 aromatic carbocycles. The van der Waals surface area contributed by atoms with Gasteiger partial charge in [0.2, 0.25) is 0 Å². The van der Waals surface area contributed by atoms with Crippen LogP contribution in [0, 0.1) is 0 Å². The standard InChI is InChI=1S/C50H34N2/c1-3-18-41(19-4-1)51(43-30-28-36(29-31-43)38-27-26-35-14-7-8-15-37(35)32-38)44-22-13-17-39(33-44)47-34-40-16-9-10-23-45(40)50-49(47)46-24-11-12-25-48(46)52(50)42-20-5-2-6-21-42/h1-34H. The molecule has 10 rings (SSSR count). The van der Waals surface area contributed by atoms with E-state index in [-0.39, 0.29) is 0 Å². The fourth-order valence-corrected chi connectivity index (χ4v) is 7.92. The molecule has 0 fully saturated rings.